The Bertz CT molecular complexity index is 103. The fourth-order valence-corrected chi connectivity index (χ4v) is 1.72. The van der Waals surface area contributed by atoms with Crippen LogP contribution in [0.1, 0.15) is 54.4 Å². The van der Waals surface area contributed by atoms with Crippen LogP contribution in [0, 0.1) is 17.3 Å². The van der Waals surface area contributed by atoms with Crippen LogP contribution in [-0.4, -0.2) is 0 Å². The first-order valence-corrected chi connectivity index (χ1v) is 4.92. The maximum absolute atomic E-state index is 2.41. The molecule has 0 aromatic heterocycles. The Balaban J connectivity index is 4.10. The van der Waals surface area contributed by atoms with Gasteiger partial charge in [-0.1, -0.05) is 48.0 Å². The fourth-order valence-electron chi connectivity index (χ4n) is 1.72. The average Bonchev–Trinajstić information content (AvgIpc) is 1.86. The SMILES string of the molecule is CCC(C)(CC(C)C)C(C)C. The summed E-state index contributed by atoms with van der Waals surface area (Å²) in [6.07, 6.45) is 2.67. The molecule has 1 atom stereocenters. The van der Waals surface area contributed by atoms with Gasteiger partial charge in [0.2, 0.25) is 0 Å². The van der Waals surface area contributed by atoms with Crippen LogP contribution in [0.2, 0.25) is 0 Å². The summed E-state index contributed by atoms with van der Waals surface area (Å²) in [5.74, 6) is 1.65. The van der Waals surface area contributed by atoms with E-state index in [1.165, 1.54) is 12.8 Å². The Morgan fingerprint density at radius 1 is 1.09 bits per heavy atom. The smallest absolute Gasteiger partial charge is 0.0303 e. The molecule has 0 fully saturated rings. The zero-order chi connectivity index (χ0) is 9.07. The molecular formula is C11H24. The van der Waals surface area contributed by atoms with Crippen LogP contribution in [0.3, 0.4) is 0 Å². The standard InChI is InChI=1S/C11H24/c1-7-11(6,10(4)5)8-9(2)3/h9-10H,7-8H2,1-6H3. The minimum Gasteiger partial charge on any atom is -0.0649 e. The van der Waals surface area contributed by atoms with E-state index in [9.17, 15) is 0 Å². The van der Waals surface area contributed by atoms with Gasteiger partial charge in [-0.25, -0.2) is 0 Å². The molecule has 0 N–H and O–H groups in total. The topological polar surface area (TPSA) is 0 Å². The first-order valence-electron chi connectivity index (χ1n) is 4.92. The molecule has 0 heteroatoms. The van der Waals surface area contributed by atoms with Crippen LogP contribution in [0.4, 0.5) is 0 Å². The van der Waals surface area contributed by atoms with Crippen molar-refractivity contribution in [3.05, 3.63) is 0 Å². The second-order valence-electron chi connectivity index (χ2n) is 4.76. The molecule has 0 radical (unpaired) electrons. The van der Waals surface area contributed by atoms with Crippen molar-refractivity contribution in [2.75, 3.05) is 0 Å². The molecule has 0 heterocycles. The van der Waals surface area contributed by atoms with Gasteiger partial charge in [-0.05, 0) is 23.7 Å². The molecule has 0 aliphatic rings. The van der Waals surface area contributed by atoms with Gasteiger partial charge in [0.05, 0.1) is 0 Å². The minimum absolute atomic E-state index is 0.564. The number of hydrogen-bond donors (Lipinski definition) is 0. The second kappa shape index (κ2) is 4.13. The zero-order valence-electron chi connectivity index (χ0n) is 9.07. The highest BCUT2D eigenvalue weighted by atomic mass is 14.3. The van der Waals surface area contributed by atoms with Gasteiger partial charge >= 0.3 is 0 Å². The lowest BCUT2D eigenvalue weighted by Gasteiger charge is -2.34. The summed E-state index contributed by atoms with van der Waals surface area (Å²) in [7, 11) is 0. The average molecular weight is 156 g/mol. The van der Waals surface area contributed by atoms with E-state index in [-0.39, 0.29) is 0 Å². The number of rotatable bonds is 4. The van der Waals surface area contributed by atoms with Gasteiger partial charge in [0.15, 0.2) is 0 Å². The zero-order valence-corrected chi connectivity index (χ0v) is 9.07. The lowest BCUT2D eigenvalue weighted by atomic mass is 9.71. The highest BCUT2D eigenvalue weighted by Crippen LogP contribution is 2.36. The lowest BCUT2D eigenvalue weighted by molar-refractivity contribution is 0.165. The summed E-state index contributed by atoms with van der Waals surface area (Å²) in [5.41, 5.74) is 0.564. The Morgan fingerprint density at radius 3 is 1.64 bits per heavy atom. The molecule has 0 aliphatic heterocycles. The van der Waals surface area contributed by atoms with Crippen LogP contribution < -0.4 is 0 Å². The third kappa shape index (κ3) is 3.27. The van der Waals surface area contributed by atoms with Crippen molar-refractivity contribution in [3.8, 4) is 0 Å². The summed E-state index contributed by atoms with van der Waals surface area (Å²) < 4.78 is 0. The summed E-state index contributed by atoms with van der Waals surface area (Å²) in [6, 6.07) is 0. The molecule has 11 heavy (non-hydrogen) atoms. The largest absolute Gasteiger partial charge is 0.0649 e. The second-order valence-corrected chi connectivity index (χ2v) is 4.76. The van der Waals surface area contributed by atoms with Crippen molar-refractivity contribution < 1.29 is 0 Å². The molecular weight excluding hydrogens is 132 g/mol. The highest BCUT2D eigenvalue weighted by molar-refractivity contribution is 4.77. The Hall–Kier alpha value is 0. The molecule has 0 aromatic carbocycles. The molecule has 0 nitrogen and oxygen atoms in total. The quantitative estimate of drug-likeness (QED) is 0.574. The molecule has 68 valence electrons. The molecule has 0 aliphatic carbocycles. The van der Waals surface area contributed by atoms with Gasteiger partial charge in [0, 0.05) is 0 Å². The molecule has 0 saturated heterocycles. The first-order chi connectivity index (χ1) is 4.92. The van der Waals surface area contributed by atoms with E-state index >= 15 is 0 Å². The van der Waals surface area contributed by atoms with E-state index in [0.717, 1.165) is 11.8 Å². The molecule has 0 spiro atoms. The summed E-state index contributed by atoms with van der Waals surface area (Å²) >= 11 is 0. The van der Waals surface area contributed by atoms with Crippen molar-refractivity contribution in [1.29, 1.82) is 0 Å². The van der Waals surface area contributed by atoms with Gasteiger partial charge in [0.1, 0.15) is 0 Å². The molecule has 0 amide bonds. The Kier molecular flexibility index (Phi) is 4.13. The van der Waals surface area contributed by atoms with Gasteiger partial charge in [-0.15, -0.1) is 0 Å². The lowest BCUT2D eigenvalue weighted by Crippen LogP contribution is -2.24. The predicted octanol–water partition coefficient (Wildman–Crippen LogP) is 4.10. The first kappa shape index (κ1) is 11.0. The maximum Gasteiger partial charge on any atom is -0.0303 e. The normalized spacial score (nSPS) is 17.5. The third-order valence-electron chi connectivity index (χ3n) is 3.08. The summed E-state index contributed by atoms with van der Waals surface area (Å²) in [5, 5.41) is 0. The van der Waals surface area contributed by atoms with Gasteiger partial charge < -0.3 is 0 Å². The van der Waals surface area contributed by atoms with Crippen LogP contribution in [-0.2, 0) is 0 Å². The van der Waals surface area contributed by atoms with Crippen LogP contribution in [0.5, 0.6) is 0 Å². The van der Waals surface area contributed by atoms with Crippen molar-refractivity contribution in [1.82, 2.24) is 0 Å². The molecule has 0 aromatic rings. The van der Waals surface area contributed by atoms with Crippen molar-refractivity contribution in [3.63, 3.8) is 0 Å². The summed E-state index contributed by atoms with van der Waals surface area (Å²) in [6.45, 7) is 14.0. The van der Waals surface area contributed by atoms with E-state index in [1.807, 2.05) is 0 Å². The molecule has 0 saturated carbocycles. The molecule has 0 bridgehead atoms. The van der Waals surface area contributed by atoms with Crippen molar-refractivity contribution in [2.45, 2.75) is 54.4 Å². The van der Waals surface area contributed by atoms with E-state index in [4.69, 9.17) is 0 Å². The predicted molar refractivity (Wildman–Crippen MR) is 52.7 cm³/mol. The van der Waals surface area contributed by atoms with E-state index in [1.54, 1.807) is 0 Å². The monoisotopic (exact) mass is 156 g/mol. The minimum atomic E-state index is 0.564. The highest BCUT2D eigenvalue weighted by Gasteiger charge is 2.26. The van der Waals surface area contributed by atoms with Crippen molar-refractivity contribution >= 4 is 0 Å². The van der Waals surface area contributed by atoms with E-state index in [2.05, 4.69) is 41.5 Å². The van der Waals surface area contributed by atoms with Crippen LogP contribution >= 0.6 is 0 Å². The molecule has 0 rings (SSSR count). The number of hydrogen-bond acceptors (Lipinski definition) is 0. The Labute approximate surface area is 72.4 Å². The van der Waals surface area contributed by atoms with Gasteiger partial charge in [-0.2, -0.15) is 0 Å². The van der Waals surface area contributed by atoms with E-state index in [0.29, 0.717) is 5.41 Å². The fraction of sp³-hybridized carbons (Fsp3) is 1.00. The van der Waals surface area contributed by atoms with Crippen LogP contribution in [0.15, 0.2) is 0 Å². The maximum atomic E-state index is 2.41. The Morgan fingerprint density at radius 2 is 1.55 bits per heavy atom. The summed E-state index contributed by atoms with van der Waals surface area (Å²) in [4.78, 5) is 0. The van der Waals surface area contributed by atoms with Crippen molar-refractivity contribution in [2.24, 2.45) is 17.3 Å². The third-order valence-corrected chi connectivity index (χ3v) is 3.08. The van der Waals surface area contributed by atoms with E-state index < -0.39 is 0 Å². The molecule has 1 unspecified atom stereocenters. The van der Waals surface area contributed by atoms with Crippen LogP contribution in [0.25, 0.3) is 0 Å². The van der Waals surface area contributed by atoms with Gasteiger partial charge in [-0.3, -0.25) is 0 Å². The van der Waals surface area contributed by atoms with Gasteiger partial charge in [0.25, 0.3) is 0 Å².